The van der Waals surface area contributed by atoms with Gasteiger partial charge in [0.1, 0.15) is 0 Å². The van der Waals surface area contributed by atoms with Gasteiger partial charge in [-0.25, -0.2) is 17.6 Å². The molecule has 105 heavy (non-hydrogen) atoms. The first kappa shape index (κ1) is 96.4. The molecular formula is C91H135F4NO9. The maximum absolute atomic E-state index is 13.9. The molecule has 5 aliphatic carbocycles. The maximum Gasteiger partial charge on any atom is 0.373 e. The molecule has 3 aromatic carbocycles. The van der Waals surface area contributed by atoms with Crippen molar-refractivity contribution in [3.05, 3.63) is 161 Å². The average Bonchev–Trinajstić information content (AvgIpc) is 0.790. The van der Waals surface area contributed by atoms with E-state index in [2.05, 4.69) is 171 Å². The summed E-state index contributed by atoms with van der Waals surface area (Å²) in [6.45, 7) is 47.3. The number of methoxy groups -OCH3 is 1. The van der Waals surface area contributed by atoms with Crippen molar-refractivity contribution in [3.63, 3.8) is 0 Å². The standard InChI is InChI=1S/C21H24.C18H26.C14H25NO.C12H20F2.C12H22O.C11H18F2O.3CO2/c1-13-6-8-19-16(4)17(5)20-9-7-14(2)11-21(20)15(3)12-18(19)10-13;1-15-10-6-5-9-13-18(3,16(15)2)14-17-11-7-4-8-12-17;1-6-14(16)15-8-7-10(2)12(4)13(5)11(3)9-15;1-4-11-8-6-5-7-9(2)10(3)12(11,13)14;1-4-13-12-9-7-5-6-8-10(2)11(12)3;1-8-4-5-10(14-3)6-7-11(12,13)9(8)2;3*2-1-3/h6-11,15H,12H2,1-5H3;4,7-8,11-12H,5-6,9-10,13-14H2,1-3H3;11,13H,6-9H2,1-5H3;11H,4-8H2,1-3H3;12H,4-9H2,1-3H3;10H,4-7H2,1-3H3;;;/b17-16-;;12-10-;10-9-;;9-8-;;;/t;;11-,13+;;;;;;/m..0....../s1. The Morgan fingerprint density at radius 2 is 1.07 bits per heavy atom. The quantitative estimate of drug-likeness (QED) is 0.167. The summed E-state index contributed by atoms with van der Waals surface area (Å²) in [6, 6.07) is 24.8. The Bertz CT molecular complexity index is 3410. The summed E-state index contributed by atoms with van der Waals surface area (Å²) in [5, 5.41) is 0. The Hall–Kier alpha value is -6.65. The van der Waals surface area contributed by atoms with E-state index in [-0.39, 0.29) is 36.6 Å². The normalized spacial score (nSPS) is 25.9. The first-order valence-electron chi connectivity index (χ1n) is 38.9. The second-order valence-corrected chi connectivity index (χ2v) is 30.6. The van der Waals surface area contributed by atoms with Crippen molar-refractivity contribution < 1.29 is 60.6 Å². The molecule has 6 aliphatic rings. The number of fused-ring (bicyclic) bond motifs is 2. The number of halogens is 4. The van der Waals surface area contributed by atoms with Crippen molar-refractivity contribution in [1.82, 2.24) is 4.90 Å². The minimum atomic E-state index is -2.64. The predicted octanol–water partition coefficient (Wildman–Crippen LogP) is 24.7. The molecular weight excluding hydrogens is 1330 g/mol. The van der Waals surface area contributed by atoms with Crippen molar-refractivity contribution >= 4 is 35.5 Å². The molecule has 10 nitrogen and oxygen atoms in total. The lowest BCUT2D eigenvalue weighted by Crippen LogP contribution is -2.38. The zero-order valence-corrected chi connectivity index (χ0v) is 68.8. The Kier molecular flexibility index (Phi) is 45.9. The number of benzene rings is 3. The lowest BCUT2D eigenvalue weighted by atomic mass is 9.70. The van der Waals surface area contributed by atoms with Gasteiger partial charge >= 0.3 is 18.5 Å². The highest BCUT2D eigenvalue weighted by molar-refractivity contribution is 5.91. The van der Waals surface area contributed by atoms with Crippen LogP contribution in [0.4, 0.5) is 17.6 Å². The van der Waals surface area contributed by atoms with E-state index in [0.29, 0.717) is 66.4 Å². The monoisotopic (exact) mass is 1460 g/mol. The summed E-state index contributed by atoms with van der Waals surface area (Å²) in [6.07, 6.45) is 24.5. The van der Waals surface area contributed by atoms with Crippen molar-refractivity contribution in [2.24, 2.45) is 23.2 Å². The molecule has 1 amide bonds. The second-order valence-electron chi connectivity index (χ2n) is 30.6. The van der Waals surface area contributed by atoms with Crippen molar-refractivity contribution in [2.45, 2.75) is 323 Å². The summed E-state index contributed by atoms with van der Waals surface area (Å²) in [5.74, 6) is -3.65. The van der Waals surface area contributed by atoms with Crippen LogP contribution in [0, 0.1) is 37.0 Å². The topological polar surface area (TPSA) is 141 Å². The van der Waals surface area contributed by atoms with Crippen LogP contribution in [0.2, 0.25) is 0 Å². The molecule has 3 aromatic rings. The van der Waals surface area contributed by atoms with Gasteiger partial charge in [-0.15, -0.1) is 0 Å². The van der Waals surface area contributed by atoms with E-state index < -0.39 is 17.8 Å². The highest BCUT2D eigenvalue weighted by Gasteiger charge is 2.41. The third-order valence-electron chi connectivity index (χ3n) is 23.5. The van der Waals surface area contributed by atoms with Crippen LogP contribution in [0.3, 0.4) is 0 Å². The van der Waals surface area contributed by atoms with E-state index in [9.17, 15) is 22.4 Å². The van der Waals surface area contributed by atoms with E-state index in [1.54, 1.807) is 44.6 Å². The number of carbonyl (C=O) groups is 1. The Balaban J connectivity index is 0.000000619. The first-order valence-corrected chi connectivity index (χ1v) is 38.9. The fourth-order valence-corrected chi connectivity index (χ4v) is 15.1. The van der Waals surface area contributed by atoms with Gasteiger partial charge in [-0.2, -0.15) is 28.8 Å². The van der Waals surface area contributed by atoms with Gasteiger partial charge in [0.05, 0.1) is 12.2 Å². The van der Waals surface area contributed by atoms with E-state index in [1.165, 1.54) is 137 Å². The van der Waals surface area contributed by atoms with Gasteiger partial charge in [0, 0.05) is 45.6 Å². The molecule has 0 fully saturated rings. The van der Waals surface area contributed by atoms with Gasteiger partial charge in [0.25, 0.3) is 11.8 Å². The van der Waals surface area contributed by atoms with E-state index >= 15 is 0 Å². The third-order valence-corrected chi connectivity index (χ3v) is 23.5. The minimum Gasteiger partial charge on any atom is -0.381 e. The van der Waals surface area contributed by atoms with Crippen LogP contribution in [0.25, 0.3) is 11.1 Å². The van der Waals surface area contributed by atoms with Crippen LogP contribution >= 0.6 is 0 Å². The lowest BCUT2D eigenvalue weighted by Gasteiger charge is -2.34. The molecule has 0 bridgehead atoms. The predicted molar refractivity (Wildman–Crippen MR) is 421 cm³/mol. The van der Waals surface area contributed by atoms with Crippen LogP contribution in [0.1, 0.15) is 311 Å². The third kappa shape index (κ3) is 32.4. The summed E-state index contributed by atoms with van der Waals surface area (Å²) in [4.78, 5) is 62.6. The fraction of sp³-hybridized carbons (Fsp3) is 0.626. The van der Waals surface area contributed by atoms with Gasteiger partial charge in [0.15, 0.2) is 0 Å². The number of hydrogen-bond donors (Lipinski definition) is 0. The van der Waals surface area contributed by atoms with E-state index in [4.69, 9.17) is 38.2 Å². The number of rotatable bonds is 7. The molecule has 9 rings (SSSR count). The van der Waals surface area contributed by atoms with Gasteiger partial charge in [-0.1, -0.05) is 191 Å². The highest BCUT2D eigenvalue weighted by Crippen LogP contribution is 2.44. The molecule has 0 N–H and O–H groups in total. The zero-order chi connectivity index (χ0) is 79.8. The Labute approximate surface area is 632 Å². The smallest absolute Gasteiger partial charge is 0.373 e. The molecule has 0 saturated heterocycles. The number of amides is 1. The number of ether oxygens (including phenoxy) is 2. The largest absolute Gasteiger partial charge is 0.381 e. The first-order chi connectivity index (χ1) is 49.5. The summed E-state index contributed by atoms with van der Waals surface area (Å²) < 4.78 is 65.7. The maximum atomic E-state index is 13.9. The molecule has 586 valence electrons. The molecule has 1 heterocycles. The minimum absolute atomic E-state index is 0.0103. The molecule has 7 atom stereocenters. The van der Waals surface area contributed by atoms with Crippen molar-refractivity contribution in [2.75, 3.05) is 26.8 Å². The summed E-state index contributed by atoms with van der Waals surface area (Å²) >= 11 is 0. The van der Waals surface area contributed by atoms with Gasteiger partial charge in [0.2, 0.25) is 5.91 Å². The van der Waals surface area contributed by atoms with Crippen molar-refractivity contribution in [3.8, 4) is 0 Å². The molecule has 0 saturated carbocycles. The fourth-order valence-electron chi connectivity index (χ4n) is 15.1. The van der Waals surface area contributed by atoms with Crippen LogP contribution in [0.5, 0.6) is 0 Å². The van der Waals surface area contributed by atoms with Crippen molar-refractivity contribution in [1.29, 1.82) is 0 Å². The van der Waals surface area contributed by atoms with Gasteiger partial charge < -0.3 is 14.4 Å². The highest BCUT2D eigenvalue weighted by atomic mass is 19.3. The number of nitrogens with zero attached hydrogens (tertiary/aromatic N) is 1. The number of alkyl halides is 4. The molecule has 1 aliphatic heterocycles. The van der Waals surface area contributed by atoms with Gasteiger partial charge in [-0.05, 0) is 285 Å². The Morgan fingerprint density at radius 1 is 0.552 bits per heavy atom. The second kappa shape index (κ2) is 50.1. The number of hydrogen-bond acceptors (Lipinski definition) is 9. The number of carbonyl (C=O) groups excluding carboxylic acids is 7. The molecule has 0 aromatic heterocycles. The average molecular weight is 1460 g/mol. The SMILES string of the molecule is C/C1=C(\C)c2ccc(C)cc2C(C)Cc2cc(C)ccc21.CC1=C(C)C(C)(Cc2ccccc2)CCCCC1.CCC(=O)N1CC/C(C)=C(/C)[C@H](C)[C@@H](C)C1.CCC1CCCC/C(C)=C(/C)C1(F)F.CCOC1CCCCCC(C)=C1C.COC1CC/C(C)=C(/C)C(F)(F)CC1.O=C=O.O=C=O.O=C=O. The van der Waals surface area contributed by atoms with Crippen LogP contribution in [-0.2, 0) is 55.9 Å². The molecule has 0 radical (unpaired) electrons. The summed E-state index contributed by atoms with van der Waals surface area (Å²) in [5.41, 5.74) is 24.8. The van der Waals surface area contributed by atoms with Crippen LogP contribution in [0.15, 0.2) is 122 Å². The zero-order valence-electron chi connectivity index (χ0n) is 68.8. The number of aryl methyl sites for hydroxylation is 2. The van der Waals surface area contributed by atoms with E-state index in [1.807, 2.05) is 25.7 Å². The molecule has 5 unspecified atom stereocenters. The van der Waals surface area contributed by atoms with Crippen LogP contribution < -0.4 is 0 Å². The Morgan fingerprint density at radius 3 is 1.64 bits per heavy atom. The lowest BCUT2D eigenvalue weighted by molar-refractivity contribution is -0.193. The molecule has 0 spiro atoms. The van der Waals surface area contributed by atoms with Crippen LogP contribution in [-0.4, -0.2) is 80.1 Å². The number of allylic oxidation sites excluding steroid dienone is 10. The van der Waals surface area contributed by atoms with Gasteiger partial charge in [-0.3, -0.25) is 4.79 Å². The van der Waals surface area contributed by atoms with E-state index in [0.717, 1.165) is 75.8 Å². The summed E-state index contributed by atoms with van der Waals surface area (Å²) in [7, 11) is 1.59. The molecule has 14 heteroatoms.